The molecule has 0 saturated heterocycles. The zero-order chi connectivity index (χ0) is 21.8. The number of aryl methyl sites for hydroxylation is 1. The van der Waals surface area contributed by atoms with Crippen LogP contribution in [0.25, 0.3) is 0 Å². The van der Waals surface area contributed by atoms with Gasteiger partial charge in [0.1, 0.15) is 10.4 Å². The van der Waals surface area contributed by atoms with Gasteiger partial charge in [0.2, 0.25) is 0 Å². The molecular weight excluding hydrogens is 394 g/mol. The molecule has 2 unspecified atom stereocenters. The van der Waals surface area contributed by atoms with Crippen molar-refractivity contribution in [2.45, 2.75) is 46.3 Å². The molecule has 8 nitrogen and oxygen atoms in total. The van der Waals surface area contributed by atoms with Crippen molar-refractivity contribution in [2.24, 2.45) is 5.92 Å². The minimum absolute atomic E-state index is 0.126. The zero-order valence-corrected chi connectivity index (χ0v) is 17.7. The predicted octanol–water partition coefficient (Wildman–Crippen LogP) is 3.50. The zero-order valence-electron chi connectivity index (χ0n) is 16.9. The lowest BCUT2D eigenvalue weighted by molar-refractivity contribution is -0.130. The maximum absolute atomic E-state index is 12.5. The van der Waals surface area contributed by atoms with Gasteiger partial charge in [-0.2, -0.15) is 5.26 Å². The lowest BCUT2D eigenvalue weighted by Gasteiger charge is -2.28. The van der Waals surface area contributed by atoms with Crippen molar-refractivity contribution in [1.82, 2.24) is 5.32 Å². The van der Waals surface area contributed by atoms with Crippen LogP contribution in [0.3, 0.4) is 0 Å². The van der Waals surface area contributed by atoms with Gasteiger partial charge in [-0.1, -0.05) is 13.8 Å². The Kier molecular flexibility index (Phi) is 6.82. The fraction of sp³-hybridized carbons (Fsp3) is 0.400. The van der Waals surface area contributed by atoms with Crippen LogP contribution in [0.1, 0.15) is 53.5 Å². The topological polar surface area (TPSA) is 121 Å². The summed E-state index contributed by atoms with van der Waals surface area (Å²) in [5.41, 5.74) is -0.466. The van der Waals surface area contributed by atoms with Crippen LogP contribution in [0.4, 0.5) is 5.00 Å². The molecule has 2 N–H and O–H groups in total. The van der Waals surface area contributed by atoms with E-state index in [1.165, 1.54) is 19.3 Å². The summed E-state index contributed by atoms with van der Waals surface area (Å²) in [6, 6.07) is 6.83. The van der Waals surface area contributed by atoms with Crippen molar-refractivity contribution >= 4 is 34.1 Å². The highest BCUT2D eigenvalue weighted by atomic mass is 32.1. The summed E-state index contributed by atoms with van der Waals surface area (Å²) in [5.74, 6) is -1.66. The Morgan fingerprint density at radius 2 is 2.00 bits per heavy atom. The van der Waals surface area contributed by atoms with Crippen LogP contribution in [-0.2, 0) is 9.53 Å². The second-order valence-electron chi connectivity index (χ2n) is 7.06. The third-order valence-corrected chi connectivity index (χ3v) is 5.64. The molecule has 0 fully saturated rings. The van der Waals surface area contributed by atoms with Crippen molar-refractivity contribution < 1.29 is 23.5 Å². The fourth-order valence-electron chi connectivity index (χ4n) is 2.25. The van der Waals surface area contributed by atoms with E-state index in [-0.39, 0.29) is 16.6 Å². The number of thiophene rings is 1. The van der Waals surface area contributed by atoms with E-state index in [4.69, 9.17) is 9.15 Å². The highest BCUT2D eigenvalue weighted by molar-refractivity contribution is 7.18. The van der Waals surface area contributed by atoms with Gasteiger partial charge in [0.25, 0.3) is 11.8 Å². The van der Waals surface area contributed by atoms with E-state index in [0.29, 0.717) is 10.6 Å². The Balaban J connectivity index is 2.03. The van der Waals surface area contributed by atoms with Gasteiger partial charge in [-0.05, 0) is 50.5 Å². The largest absolute Gasteiger partial charge is 0.459 e. The molecule has 2 heterocycles. The molecule has 154 valence electrons. The van der Waals surface area contributed by atoms with Gasteiger partial charge in [0, 0.05) is 0 Å². The number of ether oxygens (including phenoxy) is 1. The van der Waals surface area contributed by atoms with Crippen LogP contribution >= 0.6 is 11.3 Å². The van der Waals surface area contributed by atoms with Crippen LogP contribution in [0, 0.1) is 24.2 Å². The summed E-state index contributed by atoms with van der Waals surface area (Å²) in [5, 5.41) is 15.0. The Labute approximate surface area is 172 Å². The molecule has 29 heavy (non-hydrogen) atoms. The van der Waals surface area contributed by atoms with Crippen LogP contribution in [0.2, 0.25) is 0 Å². The van der Waals surface area contributed by atoms with E-state index in [9.17, 15) is 19.6 Å². The minimum atomic E-state index is -1.09. The molecule has 2 aromatic heterocycles. The standard InChI is InChI=1S/C20H23N3O5S/c1-11(2)20(5,10-21)23-17(24)13(4)28-19(26)16-12(3)9-15(29-16)22-18(25)14-7-6-8-27-14/h6-9,11,13H,1-5H3,(H,22,25)(H,23,24). The lowest BCUT2D eigenvalue weighted by atomic mass is 9.90. The van der Waals surface area contributed by atoms with Gasteiger partial charge in [-0.3, -0.25) is 9.59 Å². The highest BCUT2D eigenvalue weighted by Crippen LogP contribution is 2.28. The summed E-state index contributed by atoms with van der Waals surface area (Å²) >= 11 is 1.04. The van der Waals surface area contributed by atoms with Crippen LogP contribution in [0.15, 0.2) is 28.9 Å². The molecule has 0 aromatic carbocycles. The Hall–Kier alpha value is -3.12. The van der Waals surface area contributed by atoms with Gasteiger partial charge in [-0.25, -0.2) is 4.79 Å². The molecular formula is C20H23N3O5S. The van der Waals surface area contributed by atoms with Crippen molar-refractivity contribution in [1.29, 1.82) is 5.26 Å². The summed E-state index contributed by atoms with van der Waals surface area (Å²) in [7, 11) is 0. The Bertz CT molecular complexity index is 942. The number of esters is 1. The smallest absolute Gasteiger partial charge is 0.349 e. The van der Waals surface area contributed by atoms with E-state index < -0.39 is 29.4 Å². The summed E-state index contributed by atoms with van der Waals surface area (Å²) < 4.78 is 10.3. The number of carbonyl (C=O) groups excluding carboxylic acids is 3. The quantitative estimate of drug-likeness (QED) is 0.665. The van der Waals surface area contributed by atoms with Crippen LogP contribution in [-0.4, -0.2) is 29.4 Å². The number of rotatable bonds is 7. The molecule has 0 spiro atoms. The number of hydrogen-bond donors (Lipinski definition) is 2. The van der Waals surface area contributed by atoms with E-state index in [2.05, 4.69) is 16.7 Å². The van der Waals surface area contributed by atoms with Gasteiger partial charge in [-0.15, -0.1) is 11.3 Å². The maximum Gasteiger partial charge on any atom is 0.349 e. The predicted molar refractivity (Wildman–Crippen MR) is 108 cm³/mol. The van der Waals surface area contributed by atoms with E-state index in [1.807, 2.05) is 13.8 Å². The number of hydrogen-bond acceptors (Lipinski definition) is 7. The first kappa shape index (κ1) is 22.2. The highest BCUT2D eigenvalue weighted by Gasteiger charge is 2.33. The molecule has 0 aliphatic carbocycles. The first-order valence-electron chi connectivity index (χ1n) is 8.97. The van der Waals surface area contributed by atoms with Gasteiger partial charge >= 0.3 is 5.97 Å². The number of nitriles is 1. The molecule has 0 aliphatic rings. The lowest BCUT2D eigenvalue weighted by Crippen LogP contribution is -2.52. The number of nitrogens with zero attached hydrogens (tertiary/aromatic N) is 1. The summed E-state index contributed by atoms with van der Waals surface area (Å²) in [6.07, 6.45) is 0.303. The van der Waals surface area contributed by atoms with E-state index in [1.54, 1.807) is 26.0 Å². The minimum Gasteiger partial charge on any atom is -0.459 e. The number of carbonyl (C=O) groups is 3. The van der Waals surface area contributed by atoms with Crippen molar-refractivity contribution in [3.05, 3.63) is 40.7 Å². The van der Waals surface area contributed by atoms with Crippen molar-refractivity contribution in [2.75, 3.05) is 5.32 Å². The Morgan fingerprint density at radius 1 is 1.31 bits per heavy atom. The maximum atomic E-state index is 12.5. The number of amides is 2. The SMILES string of the molecule is Cc1cc(NC(=O)c2ccco2)sc1C(=O)OC(C)C(=O)NC(C)(C#N)C(C)C. The first-order valence-corrected chi connectivity index (χ1v) is 9.78. The molecule has 2 atom stereocenters. The second-order valence-corrected chi connectivity index (χ2v) is 8.11. The second kappa shape index (κ2) is 8.92. The average molecular weight is 417 g/mol. The van der Waals surface area contributed by atoms with Crippen LogP contribution < -0.4 is 10.6 Å². The van der Waals surface area contributed by atoms with Gasteiger partial charge in [0.15, 0.2) is 11.9 Å². The van der Waals surface area contributed by atoms with Gasteiger partial charge < -0.3 is 19.8 Å². The molecule has 9 heteroatoms. The van der Waals surface area contributed by atoms with E-state index in [0.717, 1.165) is 11.3 Å². The third-order valence-electron chi connectivity index (χ3n) is 4.51. The molecule has 0 bridgehead atoms. The molecule has 0 aliphatic heterocycles. The first-order chi connectivity index (χ1) is 13.6. The average Bonchev–Trinajstić information content (AvgIpc) is 3.31. The van der Waals surface area contributed by atoms with Crippen LogP contribution in [0.5, 0.6) is 0 Å². The summed E-state index contributed by atoms with van der Waals surface area (Å²) in [4.78, 5) is 37.2. The normalized spacial score (nSPS) is 13.8. The fourth-order valence-corrected chi connectivity index (χ4v) is 3.20. The monoisotopic (exact) mass is 417 g/mol. The molecule has 0 radical (unpaired) electrons. The van der Waals surface area contributed by atoms with Gasteiger partial charge in [0.05, 0.1) is 17.3 Å². The Morgan fingerprint density at radius 3 is 2.55 bits per heavy atom. The molecule has 2 aromatic rings. The van der Waals surface area contributed by atoms with Crippen molar-refractivity contribution in [3.63, 3.8) is 0 Å². The number of furan rings is 1. The third kappa shape index (κ3) is 5.23. The number of nitrogens with one attached hydrogen (secondary N) is 2. The molecule has 2 rings (SSSR count). The number of anilines is 1. The van der Waals surface area contributed by atoms with Crippen molar-refractivity contribution in [3.8, 4) is 6.07 Å². The molecule has 0 saturated carbocycles. The summed E-state index contributed by atoms with van der Waals surface area (Å²) in [6.45, 7) is 8.38. The van der Waals surface area contributed by atoms with E-state index >= 15 is 0 Å². The molecule has 2 amide bonds.